The van der Waals surface area contributed by atoms with E-state index in [9.17, 15) is 0 Å². The second-order valence-electron chi connectivity index (χ2n) is 5.60. The van der Waals surface area contributed by atoms with E-state index in [1.165, 1.54) is 16.8 Å². The molecule has 4 heteroatoms. The van der Waals surface area contributed by atoms with Crippen LogP contribution >= 0.6 is 0 Å². The first kappa shape index (κ1) is 14.6. The van der Waals surface area contributed by atoms with E-state index in [-0.39, 0.29) is 6.04 Å². The second kappa shape index (κ2) is 6.09. The van der Waals surface area contributed by atoms with Gasteiger partial charge >= 0.3 is 0 Å². The summed E-state index contributed by atoms with van der Waals surface area (Å²) < 4.78 is 2.05. The molecule has 4 nitrogen and oxygen atoms in total. The van der Waals surface area contributed by atoms with Crippen molar-refractivity contribution >= 4 is 5.69 Å². The fourth-order valence-electron chi connectivity index (χ4n) is 2.35. The van der Waals surface area contributed by atoms with Gasteiger partial charge in [-0.15, -0.1) is 0 Å². The number of anilines is 1. The predicted molar refractivity (Wildman–Crippen MR) is 83.8 cm³/mol. The highest BCUT2D eigenvalue weighted by atomic mass is 15.2. The fourth-order valence-corrected chi connectivity index (χ4v) is 2.35. The van der Waals surface area contributed by atoms with E-state index in [0.29, 0.717) is 0 Å². The average molecular weight is 272 g/mol. The molecule has 0 radical (unpaired) electrons. The van der Waals surface area contributed by atoms with Crippen molar-refractivity contribution in [3.8, 4) is 0 Å². The number of nitrogens with two attached hydrogens (primary N) is 1. The first-order valence-electron chi connectivity index (χ1n) is 7.00. The average Bonchev–Trinajstić information content (AvgIpc) is 2.77. The van der Waals surface area contributed by atoms with Crippen LogP contribution in [0.2, 0.25) is 0 Å². The normalized spacial score (nSPS) is 12.4. The molecule has 0 saturated carbocycles. The predicted octanol–water partition coefficient (Wildman–Crippen LogP) is 2.25. The van der Waals surface area contributed by atoms with Gasteiger partial charge in [-0.05, 0) is 43.5 Å². The topological polar surface area (TPSA) is 47.1 Å². The number of benzene rings is 1. The summed E-state index contributed by atoms with van der Waals surface area (Å²) in [5.74, 6) is 1.06. The molecule has 0 aliphatic rings. The molecule has 0 amide bonds. The lowest BCUT2D eigenvalue weighted by molar-refractivity contribution is 0.733. The second-order valence-corrected chi connectivity index (χ2v) is 5.60. The summed E-state index contributed by atoms with van der Waals surface area (Å²) in [5.41, 5.74) is 9.71. The number of aromatic nitrogens is 2. The van der Waals surface area contributed by atoms with Gasteiger partial charge in [0.1, 0.15) is 5.82 Å². The maximum atomic E-state index is 5.88. The maximum Gasteiger partial charge on any atom is 0.127 e. The third-order valence-corrected chi connectivity index (χ3v) is 3.61. The van der Waals surface area contributed by atoms with Crippen molar-refractivity contribution in [2.75, 3.05) is 11.9 Å². The van der Waals surface area contributed by atoms with Crippen LogP contribution in [0.5, 0.6) is 0 Å². The van der Waals surface area contributed by atoms with Gasteiger partial charge in [-0.3, -0.25) is 0 Å². The monoisotopic (exact) mass is 272 g/mol. The highest BCUT2D eigenvalue weighted by Gasteiger charge is 2.08. The third-order valence-electron chi connectivity index (χ3n) is 3.61. The van der Waals surface area contributed by atoms with E-state index >= 15 is 0 Å². The molecule has 1 aromatic heterocycles. The molecule has 0 fully saturated rings. The van der Waals surface area contributed by atoms with Crippen LogP contribution in [0.4, 0.5) is 5.69 Å². The molecular weight excluding hydrogens is 248 g/mol. The van der Waals surface area contributed by atoms with Crippen LogP contribution in [0.3, 0.4) is 0 Å². The fraction of sp³-hybridized carbons (Fsp3) is 0.438. The molecule has 2 rings (SSSR count). The number of hydrogen-bond donors (Lipinski definition) is 1. The van der Waals surface area contributed by atoms with E-state index in [1.54, 1.807) is 0 Å². The third kappa shape index (κ3) is 3.39. The lowest BCUT2D eigenvalue weighted by Crippen LogP contribution is -2.20. The van der Waals surface area contributed by atoms with Crippen molar-refractivity contribution in [2.24, 2.45) is 12.8 Å². The molecular formula is C16H24N4. The van der Waals surface area contributed by atoms with Crippen LogP contribution in [0.15, 0.2) is 30.6 Å². The summed E-state index contributed by atoms with van der Waals surface area (Å²) in [6.07, 6.45) is 4.73. The minimum absolute atomic E-state index is 0.199. The number of aryl methyl sites for hydroxylation is 2. The molecule has 1 aromatic carbocycles. The molecule has 108 valence electrons. The van der Waals surface area contributed by atoms with Crippen LogP contribution in [0.1, 0.15) is 23.9 Å². The molecule has 0 bridgehead atoms. The van der Waals surface area contributed by atoms with Gasteiger partial charge in [-0.1, -0.05) is 6.07 Å². The van der Waals surface area contributed by atoms with Gasteiger partial charge in [0, 0.05) is 38.2 Å². The van der Waals surface area contributed by atoms with Gasteiger partial charge in [-0.2, -0.15) is 0 Å². The van der Waals surface area contributed by atoms with Crippen molar-refractivity contribution in [1.82, 2.24) is 9.55 Å². The Morgan fingerprint density at radius 1 is 1.40 bits per heavy atom. The summed E-state index contributed by atoms with van der Waals surface area (Å²) in [5, 5.41) is 0. The molecule has 2 aromatic rings. The Bertz CT molecular complexity index is 572. The van der Waals surface area contributed by atoms with Gasteiger partial charge in [0.05, 0.1) is 6.54 Å². The Kier molecular flexibility index (Phi) is 4.45. The number of imidazole rings is 1. The summed E-state index contributed by atoms with van der Waals surface area (Å²) >= 11 is 0. The Morgan fingerprint density at radius 3 is 2.70 bits per heavy atom. The number of rotatable bonds is 5. The van der Waals surface area contributed by atoms with Gasteiger partial charge in [0.25, 0.3) is 0 Å². The molecule has 1 atom stereocenters. The van der Waals surface area contributed by atoms with E-state index in [4.69, 9.17) is 5.73 Å². The van der Waals surface area contributed by atoms with Crippen LogP contribution in [0.25, 0.3) is 0 Å². The van der Waals surface area contributed by atoms with E-state index in [1.807, 2.05) is 30.9 Å². The maximum absolute atomic E-state index is 5.88. The van der Waals surface area contributed by atoms with Gasteiger partial charge in [0.15, 0.2) is 0 Å². The molecule has 0 aliphatic heterocycles. The summed E-state index contributed by atoms with van der Waals surface area (Å²) in [6.45, 7) is 4.99. The minimum atomic E-state index is 0.199. The Hall–Kier alpha value is -1.81. The Balaban J connectivity index is 2.12. The SMILES string of the molecule is Cc1cc(N(C)Cc2nccn2C)ccc1CC(C)N. The summed E-state index contributed by atoms with van der Waals surface area (Å²) in [7, 11) is 4.11. The van der Waals surface area contributed by atoms with Crippen LogP contribution < -0.4 is 10.6 Å². The number of hydrogen-bond acceptors (Lipinski definition) is 3. The molecule has 1 heterocycles. The minimum Gasteiger partial charge on any atom is -0.367 e. The quantitative estimate of drug-likeness (QED) is 0.908. The first-order chi connectivity index (χ1) is 9.47. The zero-order valence-electron chi connectivity index (χ0n) is 12.8. The van der Waals surface area contributed by atoms with Crippen LogP contribution in [-0.4, -0.2) is 22.6 Å². The molecule has 0 saturated heterocycles. The van der Waals surface area contributed by atoms with Crippen LogP contribution in [-0.2, 0) is 20.0 Å². The Morgan fingerprint density at radius 2 is 2.15 bits per heavy atom. The standard InChI is InChI=1S/C16H24N4/c1-12-9-15(6-5-14(12)10-13(2)17)20(4)11-16-18-7-8-19(16)3/h5-9,13H,10-11,17H2,1-4H3. The Labute approximate surface area is 121 Å². The van der Waals surface area contributed by atoms with Crippen molar-refractivity contribution < 1.29 is 0 Å². The van der Waals surface area contributed by atoms with E-state index in [2.05, 4.69) is 42.1 Å². The zero-order chi connectivity index (χ0) is 14.7. The molecule has 20 heavy (non-hydrogen) atoms. The van der Waals surface area contributed by atoms with Crippen molar-refractivity contribution in [1.29, 1.82) is 0 Å². The molecule has 2 N–H and O–H groups in total. The van der Waals surface area contributed by atoms with Gasteiger partial charge in [-0.25, -0.2) is 4.98 Å². The zero-order valence-corrected chi connectivity index (χ0v) is 12.8. The van der Waals surface area contributed by atoms with E-state index in [0.717, 1.165) is 18.8 Å². The lowest BCUT2D eigenvalue weighted by atomic mass is 10.0. The van der Waals surface area contributed by atoms with Gasteiger partial charge < -0.3 is 15.2 Å². The van der Waals surface area contributed by atoms with Crippen molar-refractivity contribution in [3.63, 3.8) is 0 Å². The van der Waals surface area contributed by atoms with Crippen molar-refractivity contribution in [2.45, 2.75) is 32.9 Å². The first-order valence-corrected chi connectivity index (χ1v) is 7.00. The molecule has 0 aliphatic carbocycles. The van der Waals surface area contributed by atoms with E-state index < -0.39 is 0 Å². The number of nitrogens with zero attached hydrogens (tertiary/aromatic N) is 3. The summed E-state index contributed by atoms with van der Waals surface area (Å²) in [4.78, 5) is 6.58. The van der Waals surface area contributed by atoms with Gasteiger partial charge in [0.2, 0.25) is 0 Å². The lowest BCUT2D eigenvalue weighted by Gasteiger charge is -2.20. The highest BCUT2D eigenvalue weighted by Crippen LogP contribution is 2.20. The highest BCUT2D eigenvalue weighted by molar-refractivity contribution is 5.50. The summed E-state index contributed by atoms with van der Waals surface area (Å²) in [6, 6.07) is 6.77. The molecule has 0 spiro atoms. The van der Waals surface area contributed by atoms with Crippen molar-refractivity contribution in [3.05, 3.63) is 47.5 Å². The van der Waals surface area contributed by atoms with Crippen LogP contribution in [0, 0.1) is 6.92 Å². The smallest absolute Gasteiger partial charge is 0.127 e. The largest absolute Gasteiger partial charge is 0.367 e. The molecule has 1 unspecified atom stereocenters.